The molecule has 76 valence electrons. The molecule has 0 aliphatic carbocycles. The lowest BCUT2D eigenvalue weighted by Crippen LogP contribution is -1.95. The van der Waals surface area contributed by atoms with Gasteiger partial charge in [-0.25, -0.2) is 0 Å². The first kappa shape index (κ1) is 9.72. The number of rotatable bonds is 4. The number of hydrogen-bond acceptors (Lipinski definition) is 1. The van der Waals surface area contributed by atoms with E-state index in [9.17, 15) is 0 Å². The van der Waals surface area contributed by atoms with Crippen LogP contribution in [0.2, 0.25) is 0 Å². The van der Waals surface area contributed by atoms with Gasteiger partial charge in [0.2, 0.25) is 0 Å². The quantitative estimate of drug-likeness (QED) is 0.664. The molecule has 1 aliphatic heterocycles. The summed E-state index contributed by atoms with van der Waals surface area (Å²) in [5, 5.41) is 0. The summed E-state index contributed by atoms with van der Waals surface area (Å²) in [6.07, 6.45) is 2.80. The minimum Gasteiger partial charge on any atom is -0.373 e. The fourth-order valence-corrected chi connectivity index (χ4v) is 1.67. The first-order valence-electron chi connectivity index (χ1n) is 5.50. The van der Waals surface area contributed by atoms with Gasteiger partial charge in [-0.15, -0.1) is 0 Å². The molecule has 1 saturated heterocycles. The second kappa shape index (κ2) is 4.14. The van der Waals surface area contributed by atoms with Gasteiger partial charge in [0.1, 0.15) is 0 Å². The van der Waals surface area contributed by atoms with E-state index in [1.807, 2.05) is 0 Å². The highest BCUT2D eigenvalue weighted by molar-refractivity contribution is 5.25. The Bertz CT molecular complexity index is 285. The summed E-state index contributed by atoms with van der Waals surface area (Å²) < 4.78 is 5.21. The molecule has 14 heavy (non-hydrogen) atoms. The molecular formula is C13H18O. The normalized spacial score (nSPS) is 22.0. The average Bonchev–Trinajstić information content (AvgIpc) is 3.02. The van der Waals surface area contributed by atoms with Crippen LogP contribution in [0.4, 0.5) is 0 Å². The summed E-state index contributed by atoms with van der Waals surface area (Å²) in [6, 6.07) is 8.99. The van der Waals surface area contributed by atoms with E-state index in [1.165, 1.54) is 17.5 Å². The first-order chi connectivity index (χ1) is 6.79. The Balaban J connectivity index is 2.01. The SMILES string of the molecule is CCC(C)c1ccc(CC2CO2)cc1. The lowest BCUT2D eigenvalue weighted by Gasteiger charge is -2.09. The van der Waals surface area contributed by atoms with Gasteiger partial charge in [0.25, 0.3) is 0 Å². The van der Waals surface area contributed by atoms with Crippen LogP contribution in [0.1, 0.15) is 37.3 Å². The van der Waals surface area contributed by atoms with Crippen LogP contribution in [0.3, 0.4) is 0 Å². The van der Waals surface area contributed by atoms with Crippen molar-refractivity contribution in [1.29, 1.82) is 0 Å². The molecule has 2 atom stereocenters. The van der Waals surface area contributed by atoms with Crippen LogP contribution >= 0.6 is 0 Å². The Morgan fingerprint density at radius 2 is 2.00 bits per heavy atom. The number of benzene rings is 1. The van der Waals surface area contributed by atoms with Crippen LogP contribution < -0.4 is 0 Å². The van der Waals surface area contributed by atoms with E-state index in [0.29, 0.717) is 12.0 Å². The lowest BCUT2D eigenvalue weighted by molar-refractivity contribution is 0.407. The predicted octanol–water partition coefficient (Wildman–Crippen LogP) is 3.14. The van der Waals surface area contributed by atoms with Gasteiger partial charge in [-0.05, 0) is 23.5 Å². The second-order valence-electron chi connectivity index (χ2n) is 4.21. The van der Waals surface area contributed by atoms with Gasteiger partial charge in [-0.2, -0.15) is 0 Å². The number of hydrogen-bond donors (Lipinski definition) is 0. The Kier molecular flexibility index (Phi) is 2.87. The fraction of sp³-hybridized carbons (Fsp3) is 0.538. The predicted molar refractivity (Wildman–Crippen MR) is 58.6 cm³/mol. The summed E-state index contributed by atoms with van der Waals surface area (Å²) in [4.78, 5) is 0. The average molecular weight is 190 g/mol. The second-order valence-corrected chi connectivity index (χ2v) is 4.21. The topological polar surface area (TPSA) is 12.5 Å². The van der Waals surface area contributed by atoms with Crippen molar-refractivity contribution in [2.45, 2.75) is 38.7 Å². The van der Waals surface area contributed by atoms with Crippen molar-refractivity contribution in [3.8, 4) is 0 Å². The summed E-state index contributed by atoms with van der Waals surface area (Å²) in [5.41, 5.74) is 2.85. The molecule has 2 rings (SSSR count). The van der Waals surface area contributed by atoms with Gasteiger partial charge in [0, 0.05) is 6.42 Å². The molecule has 0 N–H and O–H groups in total. The number of ether oxygens (including phenoxy) is 1. The Labute approximate surface area is 86.1 Å². The van der Waals surface area contributed by atoms with E-state index in [-0.39, 0.29) is 0 Å². The van der Waals surface area contributed by atoms with E-state index >= 15 is 0 Å². The molecule has 0 spiro atoms. The maximum absolute atomic E-state index is 5.21. The van der Waals surface area contributed by atoms with E-state index in [0.717, 1.165) is 13.0 Å². The molecule has 1 heteroatoms. The van der Waals surface area contributed by atoms with Crippen LogP contribution in [-0.2, 0) is 11.2 Å². The van der Waals surface area contributed by atoms with Crippen molar-refractivity contribution in [2.24, 2.45) is 0 Å². The highest BCUT2D eigenvalue weighted by Crippen LogP contribution is 2.21. The molecule has 0 aromatic heterocycles. The Morgan fingerprint density at radius 3 is 2.50 bits per heavy atom. The molecule has 1 aromatic rings. The van der Waals surface area contributed by atoms with Crippen LogP contribution in [0, 0.1) is 0 Å². The lowest BCUT2D eigenvalue weighted by atomic mass is 9.97. The van der Waals surface area contributed by atoms with E-state index in [2.05, 4.69) is 38.1 Å². The van der Waals surface area contributed by atoms with Gasteiger partial charge < -0.3 is 4.74 Å². The third-order valence-corrected chi connectivity index (χ3v) is 3.03. The summed E-state index contributed by atoms with van der Waals surface area (Å²) >= 11 is 0. The molecule has 0 amide bonds. The van der Waals surface area contributed by atoms with Gasteiger partial charge in [0.15, 0.2) is 0 Å². The number of epoxide rings is 1. The molecule has 1 aromatic carbocycles. The Morgan fingerprint density at radius 1 is 1.36 bits per heavy atom. The third-order valence-electron chi connectivity index (χ3n) is 3.03. The zero-order valence-corrected chi connectivity index (χ0v) is 8.99. The van der Waals surface area contributed by atoms with Crippen molar-refractivity contribution < 1.29 is 4.74 Å². The summed E-state index contributed by atoms with van der Waals surface area (Å²) in [6.45, 7) is 5.46. The van der Waals surface area contributed by atoms with E-state index in [1.54, 1.807) is 0 Å². The molecule has 0 saturated carbocycles. The molecule has 1 heterocycles. The van der Waals surface area contributed by atoms with E-state index < -0.39 is 0 Å². The smallest absolute Gasteiger partial charge is 0.0850 e. The molecule has 0 bridgehead atoms. The highest BCUT2D eigenvalue weighted by Gasteiger charge is 2.22. The minimum atomic E-state index is 0.504. The third kappa shape index (κ3) is 2.36. The summed E-state index contributed by atoms with van der Waals surface area (Å²) in [5.74, 6) is 0.682. The van der Waals surface area contributed by atoms with Crippen LogP contribution in [-0.4, -0.2) is 12.7 Å². The van der Waals surface area contributed by atoms with Gasteiger partial charge >= 0.3 is 0 Å². The zero-order chi connectivity index (χ0) is 9.97. The van der Waals surface area contributed by atoms with Crippen molar-refractivity contribution in [2.75, 3.05) is 6.61 Å². The molecule has 2 unspecified atom stereocenters. The molecule has 1 fully saturated rings. The van der Waals surface area contributed by atoms with Crippen molar-refractivity contribution in [3.63, 3.8) is 0 Å². The maximum Gasteiger partial charge on any atom is 0.0850 e. The van der Waals surface area contributed by atoms with Crippen LogP contribution in [0.25, 0.3) is 0 Å². The standard InChI is InChI=1S/C13H18O/c1-3-10(2)12-6-4-11(5-7-12)8-13-9-14-13/h4-7,10,13H,3,8-9H2,1-2H3. The van der Waals surface area contributed by atoms with Crippen molar-refractivity contribution in [3.05, 3.63) is 35.4 Å². The maximum atomic E-state index is 5.21. The van der Waals surface area contributed by atoms with Crippen LogP contribution in [0.5, 0.6) is 0 Å². The fourth-order valence-electron chi connectivity index (χ4n) is 1.67. The van der Waals surface area contributed by atoms with Gasteiger partial charge in [0.05, 0.1) is 12.7 Å². The highest BCUT2D eigenvalue weighted by atomic mass is 16.6. The molecule has 0 radical (unpaired) electrons. The molecule has 1 nitrogen and oxygen atoms in total. The summed E-state index contributed by atoms with van der Waals surface area (Å²) in [7, 11) is 0. The molecule has 1 aliphatic rings. The minimum absolute atomic E-state index is 0.504. The van der Waals surface area contributed by atoms with Crippen molar-refractivity contribution in [1.82, 2.24) is 0 Å². The van der Waals surface area contributed by atoms with Crippen molar-refractivity contribution >= 4 is 0 Å². The monoisotopic (exact) mass is 190 g/mol. The molecular weight excluding hydrogens is 172 g/mol. The first-order valence-corrected chi connectivity index (χ1v) is 5.50. The van der Waals surface area contributed by atoms with Gasteiger partial charge in [-0.3, -0.25) is 0 Å². The zero-order valence-electron chi connectivity index (χ0n) is 8.99. The van der Waals surface area contributed by atoms with Gasteiger partial charge in [-0.1, -0.05) is 38.1 Å². The Hall–Kier alpha value is -0.820. The van der Waals surface area contributed by atoms with Crippen LogP contribution in [0.15, 0.2) is 24.3 Å². The largest absolute Gasteiger partial charge is 0.373 e. The van der Waals surface area contributed by atoms with E-state index in [4.69, 9.17) is 4.74 Å².